The third-order valence-electron chi connectivity index (χ3n) is 2.79. The first kappa shape index (κ1) is 12.9. The SMILES string of the molecule is Nc1ccc(Br)c(S(=O)(=O)NCCC2CC2)c1. The number of rotatable bonds is 5. The van der Waals surface area contributed by atoms with E-state index in [1.807, 2.05) is 0 Å². The Bertz CT molecular complexity index is 512. The molecule has 0 atom stereocenters. The highest BCUT2D eigenvalue weighted by atomic mass is 79.9. The minimum Gasteiger partial charge on any atom is -0.399 e. The summed E-state index contributed by atoms with van der Waals surface area (Å²) < 4.78 is 27.2. The first-order chi connectivity index (χ1) is 7.99. The number of nitrogen functional groups attached to an aromatic ring is 1. The van der Waals surface area contributed by atoms with E-state index in [0.29, 0.717) is 22.6 Å². The fraction of sp³-hybridized carbons (Fsp3) is 0.455. The van der Waals surface area contributed by atoms with Crippen LogP contribution in [0.5, 0.6) is 0 Å². The predicted octanol–water partition coefficient (Wildman–Crippen LogP) is 2.11. The average Bonchev–Trinajstić information content (AvgIpc) is 3.05. The topological polar surface area (TPSA) is 72.2 Å². The van der Waals surface area contributed by atoms with Gasteiger partial charge in [-0.15, -0.1) is 0 Å². The number of hydrogen-bond acceptors (Lipinski definition) is 3. The number of sulfonamides is 1. The minimum atomic E-state index is -3.46. The van der Waals surface area contributed by atoms with Gasteiger partial charge in [-0.1, -0.05) is 12.8 Å². The average molecular weight is 319 g/mol. The molecule has 2 rings (SSSR count). The zero-order valence-electron chi connectivity index (χ0n) is 9.32. The monoisotopic (exact) mass is 318 g/mol. The Morgan fingerprint density at radius 1 is 1.41 bits per heavy atom. The van der Waals surface area contributed by atoms with Gasteiger partial charge >= 0.3 is 0 Å². The number of anilines is 1. The van der Waals surface area contributed by atoms with Crippen molar-refractivity contribution in [1.82, 2.24) is 4.72 Å². The van der Waals surface area contributed by atoms with Gasteiger partial charge in [0.15, 0.2) is 0 Å². The molecule has 4 nitrogen and oxygen atoms in total. The lowest BCUT2D eigenvalue weighted by Crippen LogP contribution is -2.25. The molecule has 3 N–H and O–H groups in total. The Labute approximate surface area is 110 Å². The molecule has 1 aliphatic carbocycles. The second kappa shape index (κ2) is 4.96. The standard InChI is InChI=1S/C11H15BrN2O2S/c12-10-4-3-9(13)7-11(10)17(15,16)14-6-5-8-1-2-8/h3-4,7-8,14H,1-2,5-6,13H2. The first-order valence-corrected chi connectivity index (χ1v) is 7.81. The lowest BCUT2D eigenvalue weighted by molar-refractivity contribution is 0.575. The molecule has 0 aliphatic heterocycles. The van der Waals surface area contributed by atoms with Gasteiger partial charge in [-0.2, -0.15) is 0 Å². The van der Waals surface area contributed by atoms with Crippen molar-refractivity contribution in [1.29, 1.82) is 0 Å². The van der Waals surface area contributed by atoms with Crippen LogP contribution in [0, 0.1) is 5.92 Å². The van der Waals surface area contributed by atoms with Gasteiger partial charge in [0, 0.05) is 16.7 Å². The van der Waals surface area contributed by atoms with Crippen LogP contribution in [0.25, 0.3) is 0 Å². The van der Waals surface area contributed by atoms with Gasteiger partial charge < -0.3 is 5.73 Å². The number of benzene rings is 1. The van der Waals surface area contributed by atoms with Gasteiger partial charge in [-0.05, 0) is 46.5 Å². The Balaban J connectivity index is 2.09. The van der Waals surface area contributed by atoms with Crippen molar-refractivity contribution >= 4 is 31.6 Å². The highest BCUT2D eigenvalue weighted by Gasteiger charge is 2.23. The fourth-order valence-corrected chi connectivity index (χ4v) is 3.65. The quantitative estimate of drug-likeness (QED) is 0.817. The lowest BCUT2D eigenvalue weighted by Gasteiger charge is -2.08. The van der Waals surface area contributed by atoms with E-state index in [0.717, 1.165) is 6.42 Å². The molecule has 6 heteroatoms. The Kier molecular flexibility index (Phi) is 3.75. The molecule has 0 unspecified atom stereocenters. The Morgan fingerprint density at radius 3 is 2.76 bits per heavy atom. The highest BCUT2D eigenvalue weighted by molar-refractivity contribution is 9.10. The maximum Gasteiger partial charge on any atom is 0.241 e. The molecule has 0 bridgehead atoms. The maximum absolute atomic E-state index is 12.0. The molecule has 0 saturated heterocycles. The summed E-state index contributed by atoms with van der Waals surface area (Å²) in [5.74, 6) is 0.710. The molecule has 94 valence electrons. The normalized spacial score (nSPS) is 16.1. The predicted molar refractivity (Wildman–Crippen MR) is 71.1 cm³/mol. The molecule has 0 spiro atoms. The van der Waals surface area contributed by atoms with Crippen LogP contribution in [-0.2, 0) is 10.0 Å². The molecule has 1 saturated carbocycles. The molecular formula is C11H15BrN2O2S. The minimum absolute atomic E-state index is 0.202. The van der Waals surface area contributed by atoms with Crippen molar-refractivity contribution in [2.45, 2.75) is 24.2 Å². The molecule has 0 radical (unpaired) electrons. The van der Waals surface area contributed by atoms with Crippen molar-refractivity contribution in [3.63, 3.8) is 0 Å². The second-order valence-corrected chi connectivity index (χ2v) is 6.91. The highest BCUT2D eigenvalue weighted by Crippen LogP contribution is 2.32. The van der Waals surface area contributed by atoms with E-state index in [4.69, 9.17) is 5.73 Å². The van der Waals surface area contributed by atoms with Crippen LogP contribution < -0.4 is 10.5 Å². The summed E-state index contributed by atoms with van der Waals surface area (Å²) in [4.78, 5) is 0.202. The van der Waals surface area contributed by atoms with E-state index in [-0.39, 0.29) is 4.90 Å². The zero-order chi connectivity index (χ0) is 12.5. The Morgan fingerprint density at radius 2 is 2.12 bits per heavy atom. The number of halogens is 1. The summed E-state index contributed by atoms with van der Waals surface area (Å²) in [5, 5.41) is 0. The molecule has 0 heterocycles. The Hall–Kier alpha value is -0.590. The molecule has 1 aliphatic rings. The molecule has 1 aromatic carbocycles. The van der Waals surface area contributed by atoms with Crippen LogP contribution in [0.4, 0.5) is 5.69 Å². The summed E-state index contributed by atoms with van der Waals surface area (Å²) in [6, 6.07) is 4.77. The van der Waals surface area contributed by atoms with Crippen LogP contribution in [0.3, 0.4) is 0 Å². The van der Waals surface area contributed by atoms with Crippen molar-refractivity contribution in [2.75, 3.05) is 12.3 Å². The van der Waals surface area contributed by atoms with Crippen molar-refractivity contribution in [3.8, 4) is 0 Å². The number of nitrogens with two attached hydrogens (primary N) is 1. The van der Waals surface area contributed by atoms with Crippen LogP contribution in [0.2, 0.25) is 0 Å². The third kappa shape index (κ3) is 3.43. The molecule has 1 fully saturated rings. The number of nitrogens with one attached hydrogen (secondary N) is 1. The summed E-state index contributed by atoms with van der Waals surface area (Å²) in [6.07, 6.45) is 3.37. The molecule has 0 aromatic heterocycles. The van der Waals surface area contributed by atoms with Gasteiger partial charge in [0.1, 0.15) is 0 Å². The maximum atomic E-state index is 12.0. The van der Waals surface area contributed by atoms with Crippen LogP contribution in [0.15, 0.2) is 27.6 Å². The third-order valence-corrected chi connectivity index (χ3v) is 5.24. The van der Waals surface area contributed by atoms with E-state index in [1.165, 1.54) is 18.9 Å². The van der Waals surface area contributed by atoms with Gasteiger partial charge in [0.05, 0.1) is 4.90 Å². The second-order valence-electron chi connectivity index (χ2n) is 4.32. The molecule has 1 aromatic rings. The summed E-state index contributed by atoms with van der Waals surface area (Å²) in [6.45, 7) is 0.494. The van der Waals surface area contributed by atoms with Crippen molar-refractivity contribution < 1.29 is 8.42 Å². The van der Waals surface area contributed by atoms with Crippen molar-refractivity contribution in [2.24, 2.45) is 5.92 Å². The van der Waals surface area contributed by atoms with Crippen LogP contribution >= 0.6 is 15.9 Å². The van der Waals surface area contributed by atoms with Gasteiger partial charge in [-0.3, -0.25) is 0 Å². The fourth-order valence-electron chi connectivity index (χ4n) is 1.61. The van der Waals surface area contributed by atoms with Crippen LogP contribution in [-0.4, -0.2) is 15.0 Å². The van der Waals surface area contributed by atoms with Crippen molar-refractivity contribution in [3.05, 3.63) is 22.7 Å². The smallest absolute Gasteiger partial charge is 0.241 e. The van der Waals surface area contributed by atoms with Gasteiger partial charge in [0.2, 0.25) is 10.0 Å². The van der Waals surface area contributed by atoms with E-state index < -0.39 is 10.0 Å². The summed E-state index contributed by atoms with van der Waals surface area (Å²) >= 11 is 3.22. The van der Waals surface area contributed by atoms with Crippen LogP contribution in [0.1, 0.15) is 19.3 Å². The summed E-state index contributed by atoms with van der Waals surface area (Å²) in [7, 11) is -3.46. The molecule has 17 heavy (non-hydrogen) atoms. The van der Waals surface area contributed by atoms with Gasteiger partial charge in [-0.25, -0.2) is 13.1 Å². The first-order valence-electron chi connectivity index (χ1n) is 5.54. The largest absolute Gasteiger partial charge is 0.399 e. The van der Waals surface area contributed by atoms with E-state index >= 15 is 0 Å². The molecule has 0 amide bonds. The zero-order valence-corrected chi connectivity index (χ0v) is 11.7. The summed E-state index contributed by atoms with van der Waals surface area (Å²) in [5.41, 5.74) is 6.04. The lowest BCUT2D eigenvalue weighted by atomic mass is 10.3. The molecular weight excluding hydrogens is 304 g/mol. The van der Waals surface area contributed by atoms with Gasteiger partial charge in [0.25, 0.3) is 0 Å². The number of hydrogen-bond donors (Lipinski definition) is 2. The van der Waals surface area contributed by atoms with E-state index in [9.17, 15) is 8.42 Å². The van der Waals surface area contributed by atoms with E-state index in [2.05, 4.69) is 20.7 Å². The van der Waals surface area contributed by atoms with E-state index in [1.54, 1.807) is 12.1 Å².